The highest BCUT2D eigenvalue weighted by Crippen LogP contribution is 2.31. The minimum absolute atomic E-state index is 0.255. The maximum absolute atomic E-state index is 13.5. The minimum Gasteiger partial charge on any atom is -0.380 e. The quantitative estimate of drug-likeness (QED) is 0.815. The Balaban J connectivity index is 2.07. The molecule has 0 heterocycles. The molecule has 1 aliphatic rings. The van der Waals surface area contributed by atoms with Gasteiger partial charge < -0.3 is 5.32 Å². The van der Waals surface area contributed by atoms with Gasteiger partial charge in [0.1, 0.15) is 11.6 Å². The molecule has 0 saturated heterocycles. The van der Waals surface area contributed by atoms with E-state index in [2.05, 4.69) is 19.2 Å². The molecule has 2 rings (SSSR count). The lowest BCUT2D eigenvalue weighted by molar-refractivity contribution is 0.280. The molecule has 3 heteroatoms. The number of nitrogens with one attached hydrogen (secondary N) is 1. The molecule has 1 aromatic rings. The summed E-state index contributed by atoms with van der Waals surface area (Å²) in [6.45, 7) is 4.43. The Morgan fingerprint density at radius 3 is 2.35 bits per heavy atom. The second-order valence-electron chi connectivity index (χ2n) is 5.38. The Kier molecular flexibility index (Phi) is 3.65. The fourth-order valence-electron chi connectivity index (χ4n) is 2.89. The van der Waals surface area contributed by atoms with E-state index in [9.17, 15) is 8.78 Å². The van der Waals surface area contributed by atoms with Gasteiger partial charge in [-0.1, -0.05) is 13.8 Å². The van der Waals surface area contributed by atoms with E-state index < -0.39 is 5.82 Å². The van der Waals surface area contributed by atoms with Crippen molar-refractivity contribution < 1.29 is 8.78 Å². The van der Waals surface area contributed by atoms with E-state index in [0.29, 0.717) is 11.8 Å². The Morgan fingerprint density at radius 2 is 1.71 bits per heavy atom. The van der Waals surface area contributed by atoms with Crippen molar-refractivity contribution in [1.82, 2.24) is 0 Å². The second kappa shape index (κ2) is 5.03. The van der Waals surface area contributed by atoms with Gasteiger partial charge in [-0.2, -0.15) is 0 Å². The molecule has 0 spiro atoms. The van der Waals surface area contributed by atoms with Gasteiger partial charge in [0.05, 0.1) is 5.69 Å². The summed E-state index contributed by atoms with van der Waals surface area (Å²) in [4.78, 5) is 0. The normalized spacial score (nSPS) is 29.1. The predicted molar refractivity (Wildman–Crippen MR) is 65.9 cm³/mol. The van der Waals surface area contributed by atoms with Crippen molar-refractivity contribution in [3.8, 4) is 0 Å². The van der Waals surface area contributed by atoms with Crippen LogP contribution in [0.15, 0.2) is 18.2 Å². The zero-order valence-electron chi connectivity index (χ0n) is 10.3. The molecule has 2 unspecified atom stereocenters. The molecule has 17 heavy (non-hydrogen) atoms. The molecule has 1 aromatic carbocycles. The lowest BCUT2D eigenvalue weighted by Gasteiger charge is -2.32. The van der Waals surface area contributed by atoms with Gasteiger partial charge >= 0.3 is 0 Å². The van der Waals surface area contributed by atoms with Crippen LogP contribution in [0.25, 0.3) is 0 Å². The molecule has 0 radical (unpaired) electrons. The van der Waals surface area contributed by atoms with Crippen LogP contribution in [0.1, 0.15) is 33.1 Å². The highest BCUT2D eigenvalue weighted by atomic mass is 19.1. The number of benzene rings is 1. The maximum Gasteiger partial charge on any atom is 0.146 e. The summed E-state index contributed by atoms with van der Waals surface area (Å²) in [7, 11) is 0. The van der Waals surface area contributed by atoms with Crippen LogP contribution in [0, 0.1) is 23.5 Å². The summed E-state index contributed by atoms with van der Waals surface area (Å²) < 4.78 is 26.5. The van der Waals surface area contributed by atoms with E-state index >= 15 is 0 Å². The first-order valence-corrected chi connectivity index (χ1v) is 6.26. The first-order valence-electron chi connectivity index (χ1n) is 6.26. The highest BCUT2D eigenvalue weighted by molar-refractivity contribution is 5.45. The fraction of sp³-hybridized carbons (Fsp3) is 0.571. The third kappa shape index (κ3) is 3.18. The second-order valence-corrected chi connectivity index (χ2v) is 5.38. The van der Waals surface area contributed by atoms with Crippen LogP contribution in [0.3, 0.4) is 0 Å². The average Bonchev–Trinajstić information content (AvgIpc) is 2.22. The van der Waals surface area contributed by atoms with Gasteiger partial charge in [0.15, 0.2) is 0 Å². The smallest absolute Gasteiger partial charge is 0.146 e. The van der Waals surface area contributed by atoms with Crippen molar-refractivity contribution >= 4 is 5.69 Å². The van der Waals surface area contributed by atoms with E-state index in [1.165, 1.54) is 18.6 Å². The van der Waals surface area contributed by atoms with Crippen molar-refractivity contribution in [2.45, 2.75) is 39.2 Å². The largest absolute Gasteiger partial charge is 0.380 e. The third-order valence-electron chi connectivity index (χ3n) is 3.47. The molecule has 2 atom stereocenters. The van der Waals surface area contributed by atoms with Gasteiger partial charge in [-0.3, -0.25) is 0 Å². The van der Waals surface area contributed by atoms with Gasteiger partial charge in [-0.25, -0.2) is 8.78 Å². The van der Waals surface area contributed by atoms with Crippen molar-refractivity contribution in [3.05, 3.63) is 29.8 Å². The van der Waals surface area contributed by atoms with Crippen LogP contribution in [0.5, 0.6) is 0 Å². The molecule has 0 bridgehead atoms. The monoisotopic (exact) mass is 239 g/mol. The molecule has 1 N–H and O–H groups in total. The molecule has 1 saturated carbocycles. The zero-order valence-corrected chi connectivity index (χ0v) is 10.3. The van der Waals surface area contributed by atoms with Crippen LogP contribution >= 0.6 is 0 Å². The average molecular weight is 239 g/mol. The van der Waals surface area contributed by atoms with Crippen molar-refractivity contribution in [2.24, 2.45) is 11.8 Å². The topological polar surface area (TPSA) is 12.0 Å². The Labute approximate surface area is 101 Å². The minimum atomic E-state index is -0.397. The molecule has 1 aliphatic carbocycles. The van der Waals surface area contributed by atoms with Crippen molar-refractivity contribution in [2.75, 3.05) is 5.32 Å². The molecule has 1 nitrogen and oxygen atoms in total. The molecule has 0 aliphatic heterocycles. The van der Waals surface area contributed by atoms with Crippen LogP contribution in [0.4, 0.5) is 14.5 Å². The predicted octanol–water partition coefficient (Wildman–Crippen LogP) is 4.20. The number of hydrogen-bond donors (Lipinski definition) is 1. The Bertz CT molecular complexity index is 382. The van der Waals surface area contributed by atoms with Gasteiger partial charge in [-0.15, -0.1) is 0 Å². The maximum atomic E-state index is 13.5. The standard InChI is InChI=1S/C14H19F2N/c1-9-5-10(2)7-12(6-9)17-14-8-11(15)3-4-13(14)16/h3-4,8-10,12,17H,5-7H2,1-2H3. The summed E-state index contributed by atoms with van der Waals surface area (Å²) in [6, 6.07) is 3.81. The van der Waals surface area contributed by atoms with Crippen LogP contribution in [-0.2, 0) is 0 Å². The number of anilines is 1. The summed E-state index contributed by atoms with van der Waals surface area (Å²) in [6.07, 6.45) is 3.28. The number of hydrogen-bond acceptors (Lipinski definition) is 1. The Morgan fingerprint density at radius 1 is 1.06 bits per heavy atom. The first kappa shape index (κ1) is 12.3. The first-order chi connectivity index (χ1) is 8.04. The molecule has 1 fully saturated rings. The fourth-order valence-corrected chi connectivity index (χ4v) is 2.89. The molecular weight excluding hydrogens is 220 g/mol. The number of rotatable bonds is 2. The van der Waals surface area contributed by atoms with E-state index in [1.54, 1.807) is 0 Å². The van der Waals surface area contributed by atoms with Crippen LogP contribution in [-0.4, -0.2) is 6.04 Å². The lowest BCUT2D eigenvalue weighted by atomic mass is 9.80. The number of halogens is 2. The van der Waals surface area contributed by atoms with E-state index in [1.807, 2.05) is 0 Å². The summed E-state index contributed by atoms with van der Waals surface area (Å²) in [5.74, 6) is 0.517. The summed E-state index contributed by atoms with van der Waals surface area (Å²) in [5.41, 5.74) is 0.288. The van der Waals surface area contributed by atoms with Crippen LogP contribution < -0.4 is 5.32 Å². The van der Waals surface area contributed by atoms with Gasteiger partial charge in [0.2, 0.25) is 0 Å². The van der Waals surface area contributed by atoms with E-state index in [-0.39, 0.29) is 17.5 Å². The third-order valence-corrected chi connectivity index (χ3v) is 3.47. The molecular formula is C14H19F2N. The van der Waals surface area contributed by atoms with E-state index in [0.717, 1.165) is 18.9 Å². The summed E-state index contributed by atoms with van der Waals surface area (Å²) >= 11 is 0. The van der Waals surface area contributed by atoms with Crippen LogP contribution in [0.2, 0.25) is 0 Å². The zero-order chi connectivity index (χ0) is 12.4. The Hall–Kier alpha value is -1.12. The molecule has 0 amide bonds. The lowest BCUT2D eigenvalue weighted by Crippen LogP contribution is -2.30. The summed E-state index contributed by atoms with van der Waals surface area (Å²) in [5, 5.41) is 3.14. The molecule has 0 aromatic heterocycles. The van der Waals surface area contributed by atoms with Gasteiger partial charge in [0, 0.05) is 6.04 Å². The van der Waals surface area contributed by atoms with E-state index in [4.69, 9.17) is 0 Å². The van der Waals surface area contributed by atoms with Crippen molar-refractivity contribution in [3.63, 3.8) is 0 Å². The van der Waals surface area contributed by atoms with Gasteiger partial charge in [-0.05, 0) is 49.3 Å². The van der Waals surface area contributed by atoms with Gasteiger partial charge in [0.25, 0.3) is 0 Å². The highest BCUT2D eigenvalue weighted by Gasteiger charge is 2.24. The molecule has 94 valence electrons. The SMILES string of the molecule is CC1CC(C)CC(Nc2cc(F)ccc2F)C1. The van der Waals surface area contributed by atoms with Crippen molar-refractivity contribution in [1.29, 1.82) is 0 Å².